The molecule has 24 heavy (non-hydrogen) atoms. The Morgan fingerprint density at radius 3 is 1.46 bits per heavy atom. The van der Waals surface area contributed by atoms with Crippen LogP contribution in [-0.4, -0.2) is 61.9 Å². The molecule has 0 rings (SSSR count). The molecular formula is C17H34N4O3. The van der Waals surface area contributed by atoms with Crippen molar-refractivity contribution in [2.75, 3.05) is 39.3 Å². The second kappa shape index (κ2) is 12.8. The first-order chi connectivity index (χ1) is 11.3. The molecule has 0 aliphatic heterocycles. The van der Waals surface area contributed by atoms with Gasteiger partial charge in [-0.1, -0.05) is 34.6 Å². The minimum atomic E-state index is -0.0346. The molecule has 0 radical (unpaired) electrons. The van der Waals surface area contributed by atoms with Gasteiger partial charge in [-0.2, -0.15) is 0 Å². The first kappa shape index (κ1) is 22.4. The predicted molar refractivity (Wildman–Crippen MR) is 95.4 cm³/mol. The summed E-state index contributed by atoms with van der Waals surface area (Å²) >= 11 is 0. The first-order valence-electron chi connectivity index (χ1n) is 8.82. The Morgan fingerprint density at radius 2 is 1.12 bits per heavy atom. The molecule has 0 aromatic carbocycles. The maximum Gasteiger partial charge on any atom is 0.222 e. The quantitative estimate of drug-likeness (QED) is 0.478. The number of hydrogen-bond acceptors (Lipinski definition) is 4. The predicted octanol–water partition coefficient (Wildman–Crippen LogP) is 0.359. The van der Waals surface area contributed by atoms with Gasteiger partial charge in [0.15, 0.2) is 0 Å². The molecule has 7 nitrogen and oxygen atoms in total. The maximum absolute atomic E-state index is 11.6. The minimum absolute atomic E-state index is 0.0242. The van der Waals surface area contributed by atoms with Crippen molar-refractivity contribution in [1.29, 1.82) is 0 Å². The summed E-state index contributed by atoms with van der Waals surface area (Å²) in [5.74, 6) is 0.0149. The molecule has 3 N–H and O–H groups in total. The monoisotopic (exact) mass is 342 g/mol. The standard InChI is InChI=1S/C17H34N4O3/c1-6-15(22)18-7-10-21(11-8-19-16(23)13(2)3)12-9-20-17(24)14(4)5/h13-14H,6-12H2,1-5H3,(H,18,22)(H,19,23)(H,20,24). The van der Waals surface area contributed by atoms with Crippen LogP contribution in [0.5, 0.6) is 0 Å². The van der Waals surface area contributed by atoms with E-state index in [0.29, 0.717) is 45.7 Å². The molecule has 0 unspecified atom stereocenters. The van der Waals surface area contributed by atoms with E-state index in [0.717, 1.165) is 0 Å². The van der Waals surface area contributed by atoms with Crippen molar-refractivity contribution in [3.63, 3.8) is 0 Å². The SMILES string of the molecule is CCC(=O)NCCN(CCNC(=O)C(C)C)CCNC(=O)C(C)C. The summed E-state index contributed by atoms with van der Waals surface area (Å²) in [5.41, 5.74) is 0. The van der Waals surface area contributed by atoms with E-state index in [2.05, 4.69) is 20.9 Å². The zero-order valence-corrected chi connectivity index (χ0v) is 15.8. The van der Waals surface area contributed by atoms with Crippen LogP contribution in [0.3, 0.4) is 0 Å². The van der Waals surface area contributed by atoms with Crippen LogP contribution in [-0.2, 0) is 14.4 Å². The van der Waals surface area contributed by atoms with Crippen LogP contribution in [0.2, 0.25) is 0 Å². The Labute approximate surface area is 145 Å². The molecule has 0 aliphatic rings. The molecule has 140 valence electrons. The van der Waals surface area contributed by atoms with Crippen LogP contribution >= 0.6 is 0 Å². The molecular weight excluding hydrogens is 308 g/mol. The molecule has 0 atom stereocenters. The van der Waals surface area contributed by atoms with Gasteiger partial charge in [-0.3, -0.25) is 19.3 Å². The van der Waals surface area contributed by atoms with Crippen LogP contribution in [0, 0.1) is 11.8 Å². The molecule has 0 spiro atoms. The van der Waals surface area contributed by atoms with Crippen molar-refractivity contribution in [3.8, 4) is 0 Å². The first-order valence-corrected chi connectivity index (χ1v) is 8.82. The highest BCUT2D eigenvalue weighted by molar-refractivity contribution is 5.78. The summed E-state index contributed by atoms with van der Waals surface area (Å²) in [5, 5.41) is 8.61. The Hall–Kier alpha value is -1.63. The van der Waals surface area contributed by atoms with Crippen LogP contribution < -0.4 is 16.0 Å². The summed E-state index contributed by atoms with van der Waals surface area (Å²) in [4.78, 5) is 36.6. The van der Waals surface area contributed by atoms with E-state index in [1.54, 1.807) is 0 Å². The number of rotatable bonds is 12. The van der Waals surface area contributed by atoms with Crippen molar-refractivity contribution < 1.29 is 14.4 Å². The van der Waals surface area contributed by atoms with Crippen LogP contribution in [0.15, 0.2) is 0 Å². The molecule has 0 fully saturated rings. The average Bonchev–Trinajstić information content (AvgIpc) is 2.53. The summed E-state index contributed by atoms with van der Waals surface area (Å²) < 4.78 is 0. The highest BCUT2D eigenvalue weighted by atomic mass is 16.2. The van der Waals surface area contributed by atoms with Gasteiger partial charge in [0, 0.05) is 57.5 Å². The third kappa shape index (κ3) is 11.0. The fourth-order valence-corrected chi connectivity index (χ4v) is 1.90. The lowest BCUT2D eigenvalue weighted by atomic mass is 10.2. The molecule has 0 heterocycles. The van der Waals surface area contributed by atoms with Gasteiger partial charge >= 0.3 is 0 Å². The summed E-state index contributed by atoms with van der Waals surface area (Å²) in [6.07, 6.45) is 0.467. The van der Waals surface area contributed by atoms with Crippen molar-refractivity contribution in [3.05, 3.63) is 0 Å². The molecule has 7 heteroatoms. The zero-order valence-electron chi connectivity index (χ0n) is 15.8. The Kier molecular flexibility index (Phi) is 11.9. The van der Waals surface area contributed by atoms with Crippen molar-refractivity contribution in [1.82, 2.24) is 20.9 Å². The average molecular weight is 342 g/mol. The van der Waals surface area contributed by atoms with Crippen molar-refractivity contribution in [2.45, 2.75) is 41.0 Å². The topological polar surface area (TPSA) is 90.5 Å². The zero-order chi connectivity index (χ0) is 18.5. The van der Waals surface area contributed by atoms with Gasteiger partial charge in [-0.15, -0.1) is 0 Å². The molecule has 0 aromatic heterocycles. The summed E-state index contributed by atoms with van der Waals surface area (Å²) in [6, 6.07) is 0. The van der Waals surface area contributed by atoms with Crippen LogP contribution in [0.4, 0.5) is 0 Å². The lowest BCUT2D eigenvalue weighted by Gasteiger charge is -2.23. The second-order valence-electron chi connectivity index (χ2n) is 6.44. The fraction of sp³-hybridized carbons (Fsp3) is 0.824. The molecule has 0 aromatic rings. The van der Waals surface area contributed by atoms with Crippen molar-refractivity contribution in [2.24, 2.45) is 11.8 Å². The molecule has 0 saturated heterocycles. The smallest absolute Gasteiger partial charge is 0.222 e. The largest absolute Gasteiger partial charge is 0.355 e. The van der Waals surface area contributed by atoms with Crippen molar-refractivity contribution >= 4 is 17.7 Å². The minimum Gasteiger partial charge on any atom is -0.355 e. The molecule has 0 saturated carbocycles. The molecule has 3 amide bonds. The van der Waals surface area contributed by atoms with E-state index in [9.17, 15) is 14.4 Å². The van der Waals surface area contributed by atoms with E-state index in [1.807, 2.05) is 34.6 Å². The molecule has 0 aliphatic carbocycles. The Bertz CT molecular complexity index is 371. The number of amides is 3. The summed E-state index contributed by atoms with van der Waals surface area (Å²) in [6.45, 7) is 12.9. The number of nitrogens with one attached hydrogen (secondary N) is 3. The van der Waals surface area contributed by atoms with Gasteiger partial charge in [-0.25, -0.2) is 0 Å². The Morgan fingerprint density at radius 1 is 0.750 bits per heavy atom. The number of nitrogens with zero attached hydrogens (tertiary/aromatic N) is 1. The van der Waals surface area contributed by atoms with E-state index in [1.165, 1.54) is 0 Å². The normalized spacial score (nSPS) is 11.0. The summed E-state index contributed by atoms with van der Waals surface area (Å²) in [7, 11) is 0. The van der Waals surface area contributed by atoms with E-state index in [4.69, 9.17) is 0 Å². The van der Waals surface area contributed by atoms with E-state index < -0.39 is 0 Å². The highest BCUT2D eigenvalue weighted by Gasteiger charge is 2.10. The van der Waals surface area contributed by atoms with Gasteiger partial charge in [0.2, 0.25) is 17.7 Å². The lowest BCUT2D eigenvalue weighted by Crippen LogP contribution is -2.43. The third-order valence-electron chi connectivity index (χ3n) is 3.57. The Balaban J connectivity index is 4.24. The second-order valence-corrected chi connectivity index (χ2v) is 6.44. The van der Waals surface area contributed by atoms with Gasteiger partial charge < -0.3 is 16.0 Å². The van der Waals surface area contributed by atoms with Gasteiger partial charge in [-0.05, 0) is 0 Å². The molecule has 0 bridgehead atoms. The van der Waals surface area contributed by atoms with Crippen LogP contribution in [0.1, 0.15) is 41.0 Å². The van der Waals surface area contributed by atoms with E-state index in [-0.39, 0.29) is 29.6 Å². The lowest BCUT2D eigenvalue weighted by molar-refractivity contribution is -0.124. The van der Waals surface area contributed by atoms with Crippen LogP contribution in [0.25, 0.3) is 0 Å². The van der Waals surface area contributed by atoms with Gasteiger partial charge in [0.1, 0.15) is 0 Å². The third-order valence-corrected chi connectivity index (χ3v) is 3.57. The number of carbonyl (C=O) groups excluding carboxylic acids is 3. The van der Waals surface area contributed by atoms with E-state index >= 15 is 0 Å². The maximum atomic E-state index is 11.6. The van der Waals surface area contributed by atoms with Gasteiger partial charge in [0.05, 0.1) is 0 Å². The van der Waals surface area contributed by atoms with Gasteiger partial charge in [0.25, 0.3) is 0 Å². The number of hydrogen-bond donors (Lipinski definition) is 3. The fourth-order valence-electron chi connectivity index (χ4n) is 1.90. The highest BCUT2D eigenvalue weighted by Crippen LogP contribution is 1.93. The number of carbonyl (C=O) groups is 3.